The molecule has 2 aromatic heterocycles. The first kappa shape index (κ1) is 13.6. The standard InChI is InChI=1S/C12H8BrCl2N5/c1-6-10(15)19-12-16-5-17-20(12)11(6)18-9-3-2-7(14)4-8(9)13/h2-5,18H,1H3. The minimum absolute atomic E-state index is 0.387. The minimum Gasteiger partial charge on any atom is -0.339 e. The van der Waals surface area contributed by atoms with E-state index in [0.29, 0.717) is 21.8 Å². The molecule has 0 bridgehead atoms. The van der Waals surface area contributed by atoms with E-state index < -0.39 is 0 Å². The third-order valence-electron chi connectivity index (χ3n) is 2.79. The molecule has 8 heteroatoms. The summed E-state index contributed by atoms with van der Waals surface area (Å²) < 4.78 is 2.44. The Hall–Kier alpha value is -1.37. The van der Waals surface area contributed by atoms with Crippen molar-refractivity contribution in [2.24, 2.45) is 0 Å². The van der Waals surface area contributed by atoms with E-state index in [1.54, 1.807) is 16.6 Å². The Morgan fingerprint density at radius 3 is 2.85 bits per heavy atom. The summed E-state index contributed by atoms with van der Waals surface area (Å²) >= 11 is 15.5. The Kier molecular flexibility index (Phi) is 3.54. The summed E-state index contributed by atoms with van der Waals surface area (Å²) in [6.07, 6.45) is 1.43. The highest BCUT2D eigenvalue weighted by molar-refractivity contribution is 9.10. The Morgan fingerprint density at radius 2 is 2.10 bits per heavy atom. The van der Waals surface area contributed by atoms with Gasteiger partial charge in [0, 0.05) is 15.1 Å². The van der Waals surface area contributed by atoms with Crippen molar-refractivity contribution >= 4 is 56.4 Å². The second kappa shape index (κ2) is 5.20. The van der Waals surface area contributed by atoms with E-state index in [1.165, 1.54) is 6.33 Å². The highest BCUT2D eigenvalue weighted by Gasteiger charge is 2.13. The number of anilines is 2. The van der Waals surface area contributed by atoms with Crippen LogP contribution >= 0.6 is 39.1 Å². The van der Waals surface area contributed by atoms with Crippen LogP contribution in [0.2, 0.25) is 10.2 Å². The van der Waals surface area contributed by atoms with Gasteiger partial charge in [-0.05, 0) is 41.1 Å². The maximum Gasteiger partial charge on any atom is 0.255 e. The molecule has 0 saturated carbocycles. The zero-order chi connectivity index (χ0) is 14.3. The smallest absolute Gasteiger partial charge is 0.255 e. The van der Waals surface area contributed by atoms with E-state index in [-0.39, 0.29) is 0 Å². The maximum absolute atomic E-state index is 6.12. The van der Waals surface area contributed by atoms with Crippen molar-refractivity contribution in [2.75, 3.05) is 5.32 Å². The molecule has 0 spiro atoms. The summed E-state index contributed by atoms with van der Waals surface area (Å²) in [6, 6.07) is 5.47. The number of nitrogens with zero attached hydrogens (tertiary/aromatic N) is 4. The van der Waals surface area contributed by atoms with E-state index in [4.69, 9.17) is 23.2 Å². The summed E-state index contributed by atoms with van der Waals surface area (Å²) in [6.45, 7) is 1.86. The Balaban J connectivity index is 2.14. The zero-order valence-electron chi connectivity index (χ0n) is 10.2. The molecule has 20 heavy (non-hydrogen) atoms. The van der Waals surface area contributed by atoms with Crippen LogP contribution in [-0.2, 0) is 0 Å². The normalized spacial score (nSPS) is 11.0. The summed E-state index contributed by atoms with van der Waals surface area (Å²) in [5.41, 5.74) is 1.63. The van der Waals surface area contributed by atoms with Crippen molar-refractivity contribution in [2.45, 2.75) is 6.92 Å². The van der Waals surface area contributed by atoms with Crippen molar-refractivity contribution in [3.63, 3.8) is 0 Å². The summed E-state index contributed by atoms with van der Waals surface area (Å²) in [4.78, 5) is 8.20. The first-order valence-electron chi connectivity index (χ1n) is 5.64. The van der Waals surface area contributed by atoms with Crippen LogP contribution in [-0.4, -0.2) is 19.6 Å². The first-order chi connectivity index (χ1) is 9.56. The second-order valence-corrected chi connectivity index (χ2v) is 5.75. The fraction of sp³-hybridized carbons (Fsp3) is 0.0833. The molecule has 0 amide bonds. The van der Waals surface area contributed by atoms with Crippen LogP contribution in [0.15, 0.2) is 29.0 Å². The quantitative estimate of drug-likeness (QED) is 0.683. The molecule has 2 heterocycles. The lowest BCUT2D eigenvalue weighted by atomic mass is 10.3. The number of benzene rings is 1. The Morgan fingerprint density at radius 1 is 1.30 bits per heavy atom. The molecule has 0 aliphatic heterocycles. The van der Waals surface area contributed by atoms with Crippen molar-refractivity contribution < 1.29 is 0 Å². The van der Waals surface area contributed by atoms with Gasteiger partial charge in [0.15, 0.2) is 0 Å². The largest absolute Gasteiger partial charge is 0.339 e. The van der Waals surface area contributed by atoms with Crippen LogP contribution in [0.1, 0.15) is 5.56 Å². The van der Waals surface area contributed by atoms with Gasteiger partial charge in [0.2, 0.25) is 0 Å². The Labute approximate surface area is 133 Å². The third-order valence-corrected chi connectivity index (χ3v) is 4.05. The lowest BCUT2D eigenvalue weighted by Crippen LogP contribution is -2.05. The van der Waals surface area contributed by atoms with Crippen LogP contribution in [0.25, 0.3) is 5.78 Å². The van der Waals surface area contributed by atoms with Crippen molar-refractivity contribution in [3.8, 4) is 0 Å². The van der Waals surface area contributed by atoms with Crippen LogP contribution in [0, 0.1) is 6.92 Å². The SMILES string of the molecule is Cc1c(Cl)nc2ncnn2c1Nc1ccc(Cl)cc1Br. The third kappa shape index (κ3) is 2.34. The van der Waals surface area contributed by atoms with Gasteiger partial charge in [-0.1, -0.05) is 23.2 Å². The van der Waals surface area contributed by atoms with Crippen molar-refractivity contribution in [1.82, 2.24) is 19.6 Å². The number of hydrogen-bond acceptors (Lipinski definition) is 4. The van der Waals surface area contributed by atoms with E-state index in [2.05, 4.69) is 36.3 Å². The van der Waals surface area contributed by atoms with Gasteiger partial charge < -0.3 is 5.32 Å². The van der Waals surface area contributed by atoms with Crippen molar-refractivity contribution in [1.29, 1.82) is 0 Å². The fourth-order valence-electron chi connectivity index (χ4n) is 1.76. The summed E-state index contributed by atoms with van der Waals surface area (Å²) in [5.74, 6) is 1.15. The predicted molar refractivity (Wildman–Crippen MR) is 83.0 cm³/mol. The second-order valence-electron chi connectivity index (χ2n) is 4.10. The summed E-state index contributed by atoms with van der Waals surface area (Å²) in [5, 5.41) is 8.45. The molecule has 0 aliphatic rings. The molecule has 0 fully saturated rings. The van der Waals surface area contributed by atoms with Gasteiger partial charge in [-0.2, -0.15) is 19.6 Å². The van der Waals surface area contributed by atoms with Gasteiger partial charge in [-0.15, -0.1) is 0 Å². The molecule has 0 unspecified atom stereocenters. The van der Waals surface area contributed by atoms with Gasteiger partial charge >= 0.3 is 0 Å². The van der Waals surface area contributed by atoms with E-state index in [0.717, 1.165) is 15.7 Å². The fourth-order valence-corrected chi connectivity index (χ4v) is 2.71. The highest BCUT2D eigenvalue weighted by Crippen LogP contribution is 2.31. The van der Waals surface area contributed by atoms with E-state index in [9.17, 15) is 0 Å². The molecule has 3 rings (SSSR count). The van der Waals surface area contributed by atoms with Gasteiger partial charge in [0.25, 0.3) is 5.78 Å². The molecule has 102 valence electrons. The minimum atomic E-state index is 0.387. The molecular weight excluding hydrogens is 365 g/mol. The van der Waals surface area contributed by atoms with Gasteiger partial charge in [0.1, 0.15) is 17.3 Å². The molecule has 0 radical (unpaired) electrons. The van der Waals surface area contributed by atoms with Gasteiger partial charge in [-0.3, -0.25) is 0 Å². The van der Waals surface area contributed by atoms with Crippen LogP contribution < -0.4 is 5.32 Å². The number of hydrogen-bond donors (Lipinski definition) is 1. The number of fused-ring (bicyclic) bond motifs is 1. The van der Waals surface area contributed by atoms with Crippen LogP contribution in [0.4, 0.5) is 11.5 Å². The van der Waals surface area contributed by atoms with Gasteiger partial charge in [-0.25, -0.2) is 0 Å². The molecule has 0 atom stereocenters. The molecule has 0 aliphatic carbocycles. The monoisotopic (exact) mass is 371 g/mol. The maximum atomic E-state index is 6.12. The molecule has 1 aromatic carbocycles. The van der Waals surface area contributed by atoms with E-state index >= 15 is 0 Å². The predicted octanol–water partition coefficient (Wildman–Crippen LogP) is 4.25. The topological polar surface area (TPSA) is 55.1 Å². The number of rotatable bonds is 2. The highest BCUT2D eigenvalue weighted by atomic mass is 79.9. The average Bonchev–Trinajstić information content (AvgIpc) is 2.85. The van der Waals surface area contributed by atoms with Gasteiger partial charge in [0.05, 0.1) is 5.69 Å². The van der Waals surface area contributed by atoms with Crippen molar-refractivity contribution in [3.05, 3.63) is 44.7 Å². The van der Waals surface area contributed by atoms with E-state index in [1.807, 2.05) is 13.0 Å². The lowest BCUT2D eigenvalue weighted by Gasteiger charge is -2.13. The molecule has 0 saturated heterocycles. The zero-order valence-corrected chi connectivity index (χ0v) is 13.3. The average molecular weight is 373 g/mol. The first-order valence-corrected chi connectivity index (χ1v) is 7.19. The molecule has 3 aromatic rings. The van der Waals surface area contributed by atoms with Crippen LogP contribution in [0.3, 0.4) is 0 Å². The number of aromatic nitrogens is 4. The van der Waals surface area contributed by atoms with Crippen LogP contribution in [0.5, 0.6) is 0 Å². The number of halogens is 3. The summed E-state index contributed by atoms with van der Waals surface area (Å²) in [7, 11) is 0. The Bertz CT molecular complexity index is 802. The molecular formula is C12H8BrCl2N5. The number of nitrogens with one attached hydrogen (secondary N) is 1. The lowest BCUT2D eigenvalue weighted by molar-refractivity contribution is 0.936. The molecule has 5 nitrogen and oxygen atoms in total. The molecule has 1 N–H and O–H groups in total.